The van der Waals surface area contributed by atoms with Gasteiger partial charge in [-0.2, -0.15) is 0 Å². The molecule has 0 spiro atoms. The summed E-state index contributed by atoms with van der Waals surface area (Å²) in [5.74, 6) is -0.909. The number of carboxylic acid groups (broad SMARTS) is 1. The summed E-state index contributed by atoms with van der Waals surface area (Å²) in [5, 5.41) is 10.9. The van der Waals surface area contributed by atoms with Crippen molar-refractivity contribution in [3.63, 3.8) is 0 Å². The van der Waals surface area contributed by atoms with Crippen LogP contribution in [0.15, 0.2) is 12.1 Å². The summed E-state index contributed by atoms with van der Waals surface area (Å²) in [7, 11) is 0. The van der Waals surface area contributed by atoms with Gasteiger partial charge in [-0.1, -0.05) is 6.07 Å². The quantitative estimate of drug-likeness (QED) is 0.864. The van der Waals surface area contributed by atoms with Crippen molar-refractivity contribution in [2.45, 2.75) is 40.2 Å². The molecule has 0 aliphatic rings. The summed E-state index contributed by atoms with van der Waals surface area (Å²) in [6.07, 6.45) is 0. The molecule has 0 aliphatic carbocycles. The summed E-state index contributed by atoms with van der Waals surface area (Å²) in [5.41, 5.74) is 1.96. The molecule has 1 aromatic rings. The zero-order chi connectivity index (χ0) is 15.5. The number of hydrogen-bond acceptors (Lipinski definition) is 3. The molecule has 0 aliphatic heterocycles. The van der Waals surface area contributed by atoms with Gasteiger partial charge in [-0.3, -0.25) is 9.59 Å². The van der Waals surface area contributed by atoms with Crippen LogP contribution >= 0.6 is 0 Å². The van der Waals surface area contributed by atoms with Crippen molar-refractivity contribution in [2.75, 3.05) is 6.54 Å². The number of hydrogen-bond donors (Lipinski definition) is 2. The van der Waals surface area contributed by atoms with Crippen molar-refractivity contribution in [1.82, 2.24) is 5.32 Å². The average Bonchev–Trinajstić information content (AvgIpc) is 2.31. The number of aliphatic carboxylic acids is 1. The number of aryl methyl sites for hydroxylation is 2. The van der Waals surface area contributed by atoms with Crippen LogP contribution in [0, 0.1) is 20.8 Å². The topological polar surface area (TPSA) is 75.6 Å². The SMILES string of the molecule is Cc1cc(C)c(C)c(OC(C)(C)C(=O)NCC(=O)O)c1. The Morgan fingerprint density at radius 1 is 1.25 bits per heavy atom. The number of benzene rings is 1. The lowest BCUT2D eigenvalue weighted by Crippen LogP contribution is -2.48. The molecule has 0 heterocycles. The highest BCUT2D eigenvalue weighted by atomic mass is 16.5. The molecule has 5 nitrogen and oxygen atoms in total. The van der Waals surface area contributed by atoms with E-state index in [2.05, 4.69) is 5.32 Å². The molecule has 0 radical (unpaired) electrons. The molecular formula is C15H21NO4. The predicted octanol–water partition coefficient (Wildman–Crippen LogP) is 1.97. The first-order valence-electron chi connectivity index (χ1n) is 6.40. The van der Waals surface area contributed by atoms with Gasteiger partial charge < -0.3 is 15.2 Å². The fourth-order valence-electron chi connectivity index (χ4n) is 1.80. The Bertz CT molecular complexity index is 535. The second-order valence-corrected chi connectivity index (χ2v) is 5.39. The predicted molar refractivity (Wildman–Crippen MR) is 76.0 cm³/mol. The van der Waals surface area contributed by atoms with Gasteiger partial charge in [0.05, 0.1) is 0 Å². The molecule has 1 aromatic carbocycles. The molecule has 1 amide bonds. The number of rotatable bonds is 5. The molecule has 0 unspecified atom stereocenters. The van der Waals surface area contributed by atoms with E-state index >= 15 is 0 Å². The monoisotopic (exact) mass is 279 g/mol. The van der Waals surface area contributed by atoms with Crippen LogP contribution in [0.2, 0.25) is 0 Å². The van der Waals surface area contributed by atoms with Gasteiger partial charge in [0.2, 0.25) is 0 Å². The minimum Gasteiger partial charge on any atom is -0.480 e. The van der Waals surface area contributed by atoms with E-state index in [4.69, 9.17) is 9.84 Å². The highest BCUT2D eigenvalue weighted by Crippen LogP contribution is 2.27. The van der Waals surface area contributed by atoms with Crippen molar-refractivity contribution in [1.29, 1.82) is 0 Å². The number of nitrogens with one attached hydrogen (secondary N) is 1. The van der Waals surface area contributed by atoms with Gasteiger partial charge in [-0.05, 0) is 57.4 Å². The van der Waals surface area contributed by atoms with E-state index in [0.717, 1.165) is 16.7 Å². The first kappa shape index (κ1) is 16.0. The van der Waals surface area contributed by atoms with Crippen LogP contribution in [0.4, 0.5) is 0 Å². The minimum absolute atomic E-state index is 0.419. The minimum atomic E-state index is -1.14. The Morgan fingerprint density at radius 3 is 2.40 bits per heavy atom. The molecule has 0 saturated carbocycles. The van der Waals surface area contributed by atoms with Crippen LogP contribution in [0.3, 0.4) is 0 Å². The van der Waals surface area contributed by atoms with Crippen molar-refractivity contribution in [3.05, 3.63) is 28.8 Å². The molecule has 2 N–H and O–H groups in total. The lowest BCUT2D eigenvalue weighted by Gasteiger charge is -2.26. The highest BCUT2D eigenvalue weighted by molar-refractivity contribution is 5.87. The lowest BCUT2D eigenvalue weighted by atomic mass is 10.0. The Hall–Kier alpha value is -2.04. The first-order chi connectivity index (χ1) is 9.13. The third kappa shape index (κ3) is 3.98. The highest BCUT2D eigenvalue weighted by Gasteiger charge is 2.30. The second kappa shape index (κ2) is 5.94. The maximum atomic E-state index is 12.0. The number of amides is 1. The molecule has 110 valence electrons. The molecule has 5 heteroatoms. The summed E-state index contributed by atoms with van der Waals surface area (Å²) in [6, 6.07) is 3.91. The van der Waals surface area contributed by atoms with Gasteiger partial charge >= 0.3 is 5.97 Å². The van der Waals surface area contributed by atoms with Crippen LogP contribution in [-0.2, 0) is 9.59 Å². The number of carbonyl (C=O) groups is 2. The number of carbonyl (C=O) groups excluding carboxylic acids is 1. The van der Waals surface area contributed by atoms with Crippen LogP contribution in [0.5, 0.6) is 5.75 Å². The maximum absolute atomic E-state index is 12.0. The van der Waals surface area contributed by atoms with Crippen LogP contribution in [0.1, 0.15) is 30.5 Å². The van der Waals surface area contributed by atoms with E-state index in [1.807, 2.05) is 32.9 Å². The summed E-state index contributed by atoms with van der Waals surface area (Å²) in [6.45, 7) is 8.67. The molecule has 0 saturated heterocycles. The molecule has 20 heavy (non-hydrogen) atoms. The maximum Gasteiger partial charge on any atom is 0.322 e. The Kier molecular flexibility index (Phi) is 4.76. The zero-order valence-corrected chi connectivity index (χ0v) is 12.5. The third-order valence-corrected chi connectivity index (χ3v) is 3.08. The van der Waals surface area contributed by atoms with E-state index in [1.54, 1.807) is 13.8 Å². The number of ether oxygens (including phenoxy) is 1. The molecule has 0 atom stereocenters. The number of carboxylic acids is 1. The van der Waals surface area contributed by atoms with Crippen LogP contribution < -0.4 is 10.1 Å². The standard InChI is InChI=1S/C15H21NO4/c1-9-6-10(2)11(3)12(7-9)20-15(4,5)14(19)16-8-13(17)18/h6-7H,8H2,1-5H3,(H,16,19)(H,17,18). The van der Waals surface area contributed by atoms with Gasteiger partial charge in [-0.15, -0.1) is 0 Å². The molecule has 0 bridgehead atoms. The fourth-order valence-corrected chi connectivity index (χ4v) is 1.80. The summed E-state index contributed by atoms with van der Waals surface area (Å²) < 4.78 is 5.78. The first-order valence-corrected chi connectivity index (χ1v) is 6.40. The van der Waals surface area contributed by atoms with Crippen molar-refractivity contribution >= 4 is 11.9 Å². The molecular weight excluding hydrogens is 258 g/mol. The molecule has 1 rings (SSSR count). The van der Waals surface area contributed by atoms with E-state index in [-0.39, 0.29) is 0 Å². The van der Waals surface area contributed by atoms with E-state index in [0.29, 0.717) is 5.75 Å². The van der Waals surface area contributed by atoms with Crippen LogP contribution in [-0.4, -0.2) is 29.1 Å². The zero-order valence-electron chi connectivity index (χ0n) is 12.5. The summed E-state index contributed by atoms with van der Waals surface area (Å²) >= 11 is 0. The van der Waals surface area contributed by atoms with Crippen LogP contribution in [0.25, 0.3) is 0 Å². The van der Waals surface area contributed by atoms with Gasteiger partial charge in [0.25, 0.3) is 5.91 Å². The smallest absolute Gasteiger partial charge is 0.322 e. The van der Waals surface area contributed by atoms with Gasteiger partial charge in [0.15, 0.2) is 5.60 Å². The third-order valence-electron chi connectivity index (χ3n) is 3.08. The normalized spacial score (nSPS) is 11.1. The van der Waals surface area contributed by atoms with E-state index in [1.165, 1.54) is 0 Å². The van der Waals surface area contributed by atoms with Crippen molar-refractivity contribution in [2.24, 2.45) is 0 Å². The Balaban J connectivity index is 2.90. The Labute approximate surface area is 118 Å². The summed E-state index contributed by atoms with van der Waals surface area (Å²) in [4.78, 5) is 22.4. The second-order valence-electron chi connectivity index (χ2n) is 5.39. The Morgan fingerprint density at radius 2 is 1.85 bits per heavy atom. The van der Waals surface area contributed by atoms with Gasteiger partial charge in [-0.25, -0.2) is 0 Å². The van der Waals surface area contributed by atoms with Crippen molar-refractivity contribution in [3.8, 4) is 5.75 Å². The fraction of sp³-hybridized carbons (Fsp3) is 0.467. The lowest BCUT2D eigenvalue weighted by molar-refractivity contribution is -0.141. The van der Waals surface area contributed by atoms with Gasteiger partial charge in [0, 0.05) is 0 Å². The van der Waals surface area contributed by atoms with E-state index < -0.39 is 24.0 Å². The largest absolute Gasteiger partial charge is 0.480 e. The molecule has 0 fully saturated rings. The average molecular weight is 279 g/mol. The molecule has 0 aromatic heterocycles. The van der Waals surface area contributed by atoms with Gasteiger partial charge in [0.1, 0.15) is 12.3 Å². The van der Waals surface area contributed by atoms with E-state index in [9.17, 15) is 9.59 Å². The van der Waals surface area contributed by atoms with Crippen molar-refractivity contribution < 1.29 is 19.4 Å².